The highest BCUT2D eigenvalue weighted by Gasteiger charge is 2.21. The summed E-state index contributed by atoms with van der Waals surface area (Å²) in [4.78, 5) is 22.6. The van der Waals surface area contributed by atoms with Gasteiger partial charge in [0.15, 0.2) is 11.6 Å². The molecule has 278 valence electrons. The minimum atomic E-state index is 0.500. The summed E-state index contributed by atoms with van der Waals surface area (Å²) in [6.07, 6.45) is 0. The smallest absolute Gasteiger partial charge is 0.240 e. The second-order valence-electron chi connectivity index (χ2n) is 14.4. The van der Waals surface area contributed by atoms with E-state index in [1.165, 1.54) is 21.8 Å². The summed E-state index contributed by atoms with van der Waals surface area (Å²) in [5.41, 5.74) is 11.1. The molecular weight excluding hydrogens is 723 g/mol. The van der Waals surface area contributed by atoms with Crippen LogP contribution in [0.25, 0.3) is 78.6 Å². The molecule has 7 heteroatoms. The lowest BCUT2D eigenvalue weighted by atomic mass is 10.1. The fourth-order valence-electron chi connectivity index (χ4n) is 8.05. The zero-order chi connectivity index (χ0) is 39.1. The van der Waals surface area contributed by atoms with Crippen LogP contribution in [0.15, 0.2) is 212 Å². The lowest BCUT2D eigenvalue weighted by molar-refractivity contribution is 0.929. The Hall–Kier alpha value is -8.16. The number of para-hydroxylation sites is 5. The Labute approximate surface area is 340 Å². The van der Waals surface area contributed by atoms with E-state index in [0.29, 0.717) is 17.6 Å². The first-order valence-electron chi connectivity index (χ1n) is 19.7. The van der Waals surface area contributed by atoms with Gasteiger partial charge in [-0.3, -0.25) is 4.57 Å². The van der Waals surface area contributed by atoms with Gasteiger partial charge >= 0.3 is 0 Å². The fraction of sp³-hybridized carbons (Fsp3) is 0. The number of aromatic nitrogens is 6. The Morgan fingerprint density at radius 2 is 0.780 bits per heavy atom. The van der Waals surface area contributed by atoms with E-state index in [2.05, 4.69) is 137 Å². The van der Waals surface area contributed by atoms with Crippen molar-refractivity contribution in [2.75, 3.05) is 4.90 Å². The van der Waals surface area contributed by atoms with Crippen LogP contribution in [-0.2, 0) is 0 Å². The molecule has 0 aliphatic carbocycles. The first kappa shape index (κ1) is 34.1. The Balaban J connectivity index is 1.02. The zero-order valence-electron chi connectivity index (χ0n) is 31.8. The molecule has 0 spiro atoms. The Kier molecular flexibility index (Phi) is 8.33. The molecule has 11 rings (SSSR count). The van der Waals surface area contributed by atoms with Crippen molar-refractivity contribution in [3.05, 3.63) is 212 Å². The molecule has 0 fully saturated rings. The largest absolute Gasteiger partial charge is 0.311 e. The van der Waals surface area contributed by atoms with E-state index in [0.717, 1.165) is 56.3 Å². The monoisotopic (exact) mass is 757 g/mol. The third-order valence-electron chi connectivity index (χ3n) is 10.8. The van der Waals surface area contributed by atoms with Crippen molar-refractivity contribution in [1.82, 2.24) is 29.1 Å². The van der Waals surface area contributed by atoms with Gasteiger partial charge in [0.1, 0.15) is 5.82 Å². The summed E-state index contributed by atoms with van der Waals surface area (Å²) in [6.45, 7) is 0. The topological polar surface area (TPSA) is 64.7 Å². The molecule has 59 heavy (non-hydrogen) atoms. The summed E-state index contributed by atoms with van der Waals surface area (Å²) < 4.78 is 4.40. The molecule has 0 bridgehead atoms. The maximum absolute atomic E-state index is 5.18. The molecule has 7 nitrogen and oxygen atoms in total. The van der Waals surface area contributed by atoms with Crippen LogP contribution < -0.4 is 4.90 Å². The highest BCUT2D eigenvalue weighted by Crippen LogP contribution is 2.38. The number of anilines is 3. The Morgan fingerprint density at radius 3 is 1.36 bits per heavy atom. The van der Waals surface area contributed by atoms with Gasteiger partial charge in [-0.15, -0.1) is 0 Å². The molecule has 0 radical (unpaired) electrons. The van der Waals surface area contributed by atoms with Crippen molar-refractivity contribution < 1.29 is 0 Å². The summed E-state index contributed by atoms with van der Waals surface area (Å²) in [5, 5.41) is 2.49. The maximum atomic E-state index is 5.18. The molecule has 0 N–H and O–H groups in total. The highest BCUT2D eigenvalue weighted by molar-refractivity contribution is 6.09. The van der Waals surface area contributed by atoms with Crippen LogP contribution in [0, 0.1) is 0 Å². The molecule has 11 aromatic rings. The van der Waals surface area contributed by atoms with Crippen molar-refractivity contribution in [3.8, 4) is 45.8 Å². The number of fused-ring (bicyclic) bond motifs is 4. The minimum Gasteiger partial charge on any atom is -0.311 e. The van der Waals surface area contributed by atoms with E-state index in [-0.39, 0.29) is 0 Å². The van der Waals surface area contributed by atoms with Gasteiger partial charge in [0.25, 0.3) is 0 Å². The number of nitrogens with zero attached hydrogens (tertiary/aromatic N) is 7. The van der Waals surface area contributed by atoms with Crippen LogP contribution in [0.5, 0.6) is 0 Å². The number of benzene rings is 8. The number of hydrogen-bond acceptors (Lipinski definition) is 5. The van der Waals surface area contributed by atoms with Crippen molar-refractivity contribution in [3.63, 3.8) is 0 Å². The third kappa shape index (κ3) is 6.09. The van der Waals surface area contributed by atoms with Crippen LogP contribution in [0.1, 0.15) is 0 Å². The molecular formula is C52H35N7. The van der Waals surface area contributed by atoms with E-state index in [1.807, 2.05) is 89.5 Å². The molecule has 0 atom stereocenters. The van der Waals surface area contributed by atoms with Crippen molar-refractivity contribution >= 4 is 49.9 Å². The van der Waals surface area contributed by atoms with Crippen LogP contribution in [0.4, 0.5) is 17.1 Å². The standard InChI is InChI=1S/C52H35N7/c1-4-16-36(17-5-1)49-54-50(37-18-6-2-7-19-37)56-52(55-49)59-48-27-15-12-24-45(48)53-51(59)38-28-30-40(31-29-38)57(39-20-8-3-9-21-39)41-32-34-42(35-33-41)58-46-25-13-10-22-43(46)44-23-11-14-26-47(44)58/h1-35H. The average Bonchev–Trinajstić information content (AvgIpc) is 3.87. The first-order valence-corrected chi connectivity index (χ1v) is 19.7. The molecule has 0 amide bonds. The first-order chi connectivity index (χ1) is 29.3. The van der Waals surface area contributed by atoms with Crippen LogP contribution in [0.2, 0.25) is 0 Å². The highest BCUT2D eigenvalue weighted by atomic mass is 15.2. The van der Waals surface area contributed by atoms with Gasteiger partial charge in [0, 0.05) is 50.2 Å². The molecule has 0 aliphatic rings. The Morgan fingerprint density at radius 1 is 0.322 bits per heavy atom. The van der Waals surface area contributed by atoms with Crippen LogP contribution in [-0.4, -0.2) is 29.1 Å². The van der Waals surface area contributed by atoms with E-state index >= 15 is 0 Å². The van der Waals surface area contributed by atoms with Gasteiger partial charge < -0.3 is 9.47 Å². The van der Waals surface area contributed by atoms with Gasteiger partial charge in [0.05, 0.1) is 22.1 Å². The lowest BCUT2D eigenvalue weighted by Crippen LogP contribution is -2.10. The SMILES string of the molecule is c1ccc(-c2nc(-c3ccccc3)nc(-n3c(-c4ccc(N(c5ccccc5)c5ccc(-n6c7ccccc7c7ccccc76)cc5)cc4)nc4ccccc43)n2)cc1. The fourth-order valence-corrected chi connectivity index (χ4v) is 8.05. The van der Waals surface area contributed by atoms with E-state index in [4.69, 9.17) is 19.9 Å². The number of hydrogen-bond donors (Lipinski definition) is 0. The molecule has 8 aromatic carbocycles. The summed E-state index contributed by atoms with van der Waals surface area (Å²) in [6, 6.07) is 73.3. The van der Waals surface area contributed by atoms with Gasteiger partial charge in [-0.2, -0.15) is 9.97 Å². The number of imidazole rings is 1. The number of rotatable bonds is 8. The molecule has 0 aliphatic heterocycles. The van der Waals surface area contributed by atoms with E-state index < -0.39 is 0 Å². The predicted molar refractivity (Wildman–Crippen MR) is 240 cm³/mol. The predicted octanol–water partition coefficient (Wildman–Crippen LogP) is 12.8. The van der Waals surface area contributed by atoms with Crippen molar-refractivity contribution in [1.29, 1.82) is 0 Å². The summed E-state index contributed by atoms with van der Waals surface area (Å²) in [7, 11) is 0. The molecule has 0 saturated heterocycles. The molecule has 0 saturated carbocycles. The van der Waals surface area contributed by atoms with E-state index in [9.17, 15) is 0 Å². The summed E-state index contributed by atoms with van der Waals surface area (Å²) in [5.74, 6) is 2.43. The summed E-state index contributed by atoms with van der Waals surface area (Å²) >= 11 is 0. The lowest BCUT2D eigenvalue weighted by Gasteiger charge is -2.26. The quantitative estimate of drug-likeness (QED) is 0.154. The van der Waals surface area contributed by atoms with E-state index in [1.54, 1.807) is 0 Å². The van der Waals surface area contributed by atoms with Gasteiger partial charge in [0.2, 0.25) is 5.95 Å². The van der Waals surface area contributed by atoms with Gasteiger partial charge in [-0.05, 0) is 84.9 Å². The molecule has 0 unspecified atom stereocenters. The normalized spacial score (nSPS) is 11.4. The second kappa shape index (κ2) is 14.4. The molecule has 3 heterocycles. The molecule has 3 aromatic heterocycles. The Bertz CT molecular complexity index is 3140. The van der Waals surface area contributed by atoms with Crippen molar-refractivity contribution in [2.24, 2.45) is 0 Å². The minimum absolute atomic E-state index is 0.500. The zero-order valence-corrected chi connectivity index (χ0v) is 31.8. The van der Waals surface area contributed by atoms with Crippen LogP contribution >= 0.6 is 0 Å². The van der Waals surface area contributed by atoms with Gasteiger partial charge in [-0.25, -0.2) is 9.97 Å². The van der Waals surface area contributed by atoms with Crippen molar-refractivity contribution in [2.45, 2.75) is 0 Å². The third-order valence-corrected chi connectivity index (χ3v) is 10.8. The van der Waals surface area contributed by atoms with Crippen LogP contribution in [0.3, 0.4) is 0 Å². The van der Waals surface area contributed by atoms with Gasteiger partial charge in [-0.1, -0.05) is 127 Å². The second-order valence-corrected chi connectivity index (χ2v) is 14.4. The maximum Gasteiger partial charge on any atom is 0.240 e. The average molecular weight is 758 g/mol.